The van der Waals surface area contributed by atoms with Crippen LogP contribution in [-0.4, -0.2) is 66.2 Å². The van der Waals surface area contributed by atoms with Gasteiger partial charge in [-0.05, 0) is 120 Å². The van der Waals surface area contributed by atoms with Gasteiger partial charge in [0.05, 0.1) is 29.7 Å². The van der Waals surface area contributed by atoms with Gasteiger partial charge in [-0.1, -0.05) is 42.5 Å². The molecule has 2 fully saturated rings. The molecule has 3 aliphatic rings. The monoisotopic (exact) mass is 700 g/mol. The highest BCUT2D eigenvalue weighted by atomic mass is 16.6. The zero-order valence-electron chi connectivity index (χ0n) is 31.0. The third-order valence-corrected chi connectivity index (χ3v) is 10.3. The van der Waals surface area contributed by atoms with Gasteiger partial charge < -0.3 is 19.4 Å². The van der Waals surface area contributed by atoms with Gasteiger partial charge in [0.1, 0.15) is 22.9 Å². The van der Waals surface area contributed by atoms with Crippen LogP contribution in [0.25, 0.3) is 44.4 Å². The molecule has 0 bridgehead atoms. The van der Waals surface area contributed by atoms with Gasteiger partial charge in [-0.15, -0.1) is 0 Å². The van der Waals surface area contributed by atoms with Crippen LogP contribution >= 0.6 is 0 Å². The molecule has 2 aromatic heterocycles. The zero-order valence-corrected chi connectivity index (χ0v) is 31.0. The largest absolute Gasteiger partial charge is 0.444 e. The van der Waals surface area contributed by atoms with Gasteiger partial charge in [-0.25, -0.2) is 19.6 Å². The van der Waals surface area contributed by atoms with Crippen molar-refractivity contribution in [1.29, 1.82) is 0 Å². The lowest BCUT2D eigenvalue weighted by Gasteiger charge is -2.27. The molecular formula is C42H48N6O4. The number of aromatic nitrogens is 4. The van der Waals surface area contributed by atoms with Gasteiger partial charge in [-0.3, -0.25) is 9.80 Å². The average molecular weight is 701 g/mol. The predicted molar refractivity (Wildman–Crippen MR) is 202 cm³/mol. The number of fused-ring (bicyclic) bond motifs is 4. The van der Waals surface area contributed by atoms with Crippen LogP contribution in [0, 0.1) is 0 Å². The van der Waals surface area contributed by atoms with E-state index >= 15 is 0 Å². The van der Waals surface area contributed by atoms with E-state index in [1.807, 2.05) is 52.6 Å². The lowest BCUT2D eigenvalue weighted by Crippen LogP contribution is -2.36. The molecule has 4 heterocycles. The van der Waals surface area contributed by atoms with Crippen molar-refractivity contribution in [3.05, 3.63) is 83.7 Å². The molecule has 52 heavy (non-hydrogen) atoms. The summed E-state index contributed by atoms with van der Waals surface area (Å²) >= 11 is 0. The Kier molecular flexibility index (Phi) is 8.38. The van der Waals surface area contributed by atoms with Crippen LogP contribution in [0.4, 0.5) is 9.59 Å². The zero-order chi connectivity index (χ0) is 36.4. The van der Waals surface area contributed by atoms with E-state index in [1.165, 1.54) is 16.7 Å². The lowest BCUT2D eigenvalue weighted by molar-refractivity contribution is 0.0208. The van der Waals surface area contributed by atoms with Crippen molar-refractivity contribution in [1.82, 2.24) is 29.7 Å². The van der Waals surface area contributed by atoms with Crippen LogP contribution in [-0.2, 0) is 22.3 Å². The predicted octanol–water partition coefficient (Wildman–Crippen LogP) is 9.53. The number of ether oxygens (including phenoxy) is 2. The first kappa shape index (κ1) is 34.0. The van der Waals surface area contributed by atoms with Gasteiger partial charge in [0.2, 0.25) is 0 Å². The lowest BCUT2D eigenvalue weighted by atomic mass is 9.89. The Morgan fingerprint density at radius 2 is 1.29 bits per heavy atom. The second-order valence-corrected chi connectivity index (χ2v) is 16.4. The summed E-state index contributed by atoms with van der Waals surface area (Å²) < 4.78 is 11.4. The maximum absolute atomic E-state index is 13.0. The number of hydrogen-bond acceptors (Lipinski definition) is 6. The number of carbonyl (C=O) groups is 2. The van der Waals surface area contributed by atoms with E-state index in [0.717, 1.165) is 89.2 Å². The van der Waals surface area contributed by atoms with Crippen molar-refractivity contribution in [3.8, 4) is 33.6 Å². The van der Waals surface area contributed by atoms with Crippen LogP contribution in [0.1, 0.15) is 102 Å². The Labute approximate surface area is 304 Å². The van der Waals surface area contributed by atoms with Gasteiger partial charge in [0.25, 0.3) is 0 Å². The molecule has 10 nitrogen and oxygen atoms in total. The molecule has 270 valence electrons. The van der Waals surface area contributed by atoms with E-state index in [0.29, 0.717) is 13.1 Å². The molecule has 2 amide bonds. The number of nitrogens with zero attached hydrogens (tertiary/aromatic N) is 4. The second-order valence-electron chi connectivity index (χ2n) is 16.4. The summed E-state index contributed by atoms with van der Waals surface area (Å²) in [5, 5.41) is 2.31. The van der Waals surface area contributed by atoms with Crippen molar-refractivity contribution in [3.63, 3.8) is 0 Å². The summed E-state index contributed by atoms with van der Waals surface area (Å²) in [6.45, 7) is 12.7. The van der Waals surface area contributed by atoms with Crippen molar-refractivity contribution >= 4 is 23.0 Å². The third-order valence-electron chi connectivity index (χ3n) is 10.3. The van der Waals surface area contributed by atoms with E-state index in [2.05, 4.69) is 64.6 Å². The van der Waals surface area contributed by atoms with Crippen LogP contribution in [0.5, 0.6) is 0 Å². The molecule has 0 radical (unpaired) electrons. The first-order chi connectivity index (χ1) is 24.8. The molecule has 1 aliphatic carbocycles. The number of benzene rings is 3. The number of amides is 2. The van der Waals surface area contributed by atoms with E-state index in [9.17, 15) is 9.59 Å². The Morgan fingerprint density at radius 3 is 1.94 bits per heavy atom. The van der Waals surface area contributed by atoms with E-state index < -0.39 is 11.2 Å². The van der Waals surface area contributed by atoms with Crippen LogP contribution < -0.4 is 0 Å². The molecule has 3 aromatic carbocycles. The van der Waals surface area contributed by atoms with Crippen LogP contribution in [0.15, 0.2) is 60.8 Å². The number of hydrogen-bond donors (Lipinski definition) is 2. The average Bonchev–Trinajstić information content (AvgIpc) is 3.91. The number of nitrogens with one attached hydrogen (secondary N) is 2. The molecule has 2 aliphatic heterocycles. The molecule has 5 aromatic rings. The Hall–Kier alpha value is -5.12. The third kappa shape index (κ3) is 6.66. The highest BCUT2D eigenvalue weighted by Crippen LogP contribution is 2.39. The number of aryl methyl sites for hydroxylation is 2. The Morgan fingerprint density at radius 1 is 0.712 bits per heavy atom. The second kappa shape index (κ2) is 12.8. The summed E-state index contributed by atoms with van der Waals surface area (Å²) in [7, 11) is 0. The minimum absolute atomic E-state index is 0.0987. The molecule has 0 spiro atoms. The van der Waals surface area contributed by atoms with Crippen molar-refractivity contribution < 1.29 is 19.1 Å². The van der Waals surface area contributed by atoms with Crippen LogP contribution in [0.2, 0.25) is 0 Å². The van der Waals surface area contributed by atoms with E-state index in [-0.39, 0.29) is 24.3 Å². The molecule has 10 heteroatoms. The van der Waals surface area contributed by atoms with E-state index in [1.54, 1.807) is 4.90 Å². The number of imidazole rings is 2. The molecule has 0 saturated carbocycles. The number of likely N-dealkylation sites (tertiary alicyclic amines) is 2. The number of aromatic amines is 2. The molecule has 2 atom stereocenters. The Bertz CT molecular complexity index is 2170. The summed E-state index contributed by atoms with van der Waals surface area (Å²) in [6.07, 6.45) is 6.69. The first-order valence-corrected chi connectivity index (χ1v) is 18.6. The van der Waals surface area contributed by atoms with Gasteiger partial charge in [-0.2, -0.15) is 0 Å². The van der Waals surface area contributed by atoms with E-state index in [4.69, 9.17) is 19.4 Å². The highest BCUT2D eigenvalue weighted by Gasteiger charge is 2.37. The van der Waals surface area contributed by atoms with Crippen molar-refractivity contribution in [2.45, 2.75) is 103 Å². The minimum Gasteiger partial charge on any atom is -0.444 e. The SMILES string of the molecule is CC(C)(C)OC(=O)N1CCCC1c1nc2c([nH]1)CCc1cc(-c3ccc4cc(-c5cnc([C@@H]6CCCN6C(=O)OC(C)(C)C)[nH]5)ccc4c3)ccc1-2. The highest BCUT2D eigenvalue weighted by molar-refractivity contribution is 5.91. The number of H-pyrrole nitrogens is 2. The minimum atomic E-state index is -0.539. The summed E-state index contributed by atoms with van der Waals surface area (Å²) in [6, 6.07) is 19.6. The topological polar surface area (TPSA) is 116 Å². The maximum Gasteiger partial charge on any atom is 0.410 e. The standard InChI is InChI=1S/C42H48N6O4/c1-41(2,3)51-39(49)47-19-7-9-34(47)37-43-24-33(45-37)30-14-13-26-21-25(11-12-27(26)23-30)28-15-17-31-29(22-28)16-18-32-36(31)46-38(44-32)35-10-8-20-48(35)40(50)52-42(4,5)6/h11-15,17,21-24,34-35H,7-10,16,18-20H2,1-6H3,(H,43,45)(H,44,46)/t34-,35?/m0/s1. The fourth-order valence-corrected chi connectivity index (χ4v) is 7.89. The quantitative estimate of drug-likeness (QED) is 0.193. The van der Waals surface area contributed by atoms with Crippen LogP contribution in [0.3, 0.4) is 0 Å². The summed E-state index contributed by atoms with van der Waals surface area (Å²) in [5.74, 6) is 1.65. The van der Waals surface area contributed by atoms with Gasteiger partial charge in [0, 0.05) is 29.9 Å². The molecule has 8 rings (SSSR count). The number of rotatable bonds is 4. The Balaban J connectivity index is 0.995. The van der Waals surface area contributed by atoms with Crippen molar-refractivity contribution in [2.75, 3.05) is 13.1 Å². The van der Waals surface area contributed by atoms with Gasteiger partial charge in [0.15, 0.2) is 0 Å². The normalized spacial score (nSPS) is 18.8. The van der Waals surface area contributed by atoms with Crippen molar-refractivity contribution in [2.24, 2.45) is 0 Å². The van der Waals surface area contributed by atoms with Gasteiger partial charge >= 0.3 is 12.2 Å². The molecule has 2 saturated heterocycles. The maximum atomic E-state index is 13.0. The smallest absolute Gasteiger partial charge is 0.410 e. The fraction of sp³-hybridized carbons (Fsp3) is 0.429. The summed E-state index contributed by atoms with van der Waals surface area (Å²) in [4.78, 5) is 46.3. The first-order valence-electron chi connectivity index (χ1n) is 18.6. The molecule has 2 N–H and O–H groups in total. The summed E-state index contributed by atoms with van der Waals surface area (Å²) in [5.41, 5.74) is 7.84. The molecular weight excluding hydrogens is 652 g/mol. The fourth-order valence-electron chi connectivity index (χ4n) is 7.89. The number of carbonyl (C=O) groups excluding carboxylic acids is 2. The molecule has 1 unspecified atom stereocenters.